The second-order valence-electron chi connectivity index (χ2n) is 10.8. The molecule has 1 fully saturated rings. The van der Waals surface area contributed by atoms with Gasteiger partial charge in [-0.1, -0.05) is 103 Å². The minimum Gasteiger partial charge on any atom is -0.448 e. The number of β-lactam (4-membered cyclic amide) rings is 1. The third-order valence-electron chi connectivity index (χ3n) is 7.68. The lowest BCUT2D eigenvalue weighted by atomic mass is 10.0. The molecule has 1 N–H and O–H groups in total. The molecular formula is C35H25BrN2O5S4. The number of benzene rings is 3. The van der Waals surface area contributed by atoms with E-state index < -0.39 is 23.5 Å². The first kappa shape index (κ1) is 31.9. The number of rotatable bonds is 9. The third kappa shape index (κ3) is 6.70. The van der Waals surface area contributed by atoms with Crippen molar-refractivity contribution in [2.75, 3.05) is 5.75 Å². The minimum absolute atomic E-state index is 0.108. The lowest BCUT2D eigenvalue weighted by Gasteiger charge is -2.49. The van der Waals surface area contributed by atoms with Crippen LogP contribution in [0.3, 0.4) is 0 Å². The number of thiophene rings is 1. The molecule has 2 aliphatic rings. The fourth-order valence-electron chi connectivity index (χ4n) is 5.48. The van der Waals surface area contributed by atoms with Gasteiger partial charge in [0.05, 0.1) is 23.8 Å². The summed E-state index contributed by atoms with van der Waals surface area (Å²) in [4.78, 5) is 56.0. The van der Waals surface area contributed by atoms with Crippen molar-refractivity contribution in [1.82, 2.24) is 10.2 Å². The predicted octanol–water partition coefficient (Wildman–Crippen LogP) is 7.36. The van der Waals surface area contributed by atoms with Gasteiger partial charge in [0.15, 0.2) is 11.5 Å². The van der Waals surface area contributed by atoms with E-state index >= 15 is 0 Å². The SMILES string of the molecule is O=C(Cc1ccccc1)NC1C(=O)N2C(C(=O)OC(c3ccccc3)c3ccccc3)=C(Sc3cc(=O)c4cc(Br)sc4s3)CS[C@H]12. The zero-order valence-electron chi connectivity index (χ0n) is 24.5. The molecule has 236 valence electrons. The van der Waals surface area contributed by atoms with Gasteiger partial charge in [0.1, 0.15) is 17.1 Å². The van der Waals surface area contributed by atoms with E-state index in [-0.39, 0.29) is 29.4 Å². The maximum atomic E-state index is 14.3. The molecule has 7 rings (SSSR count). The molecule has 2 aliphatic heterocycles. The average Bonchev–Trinajstić information content (AvgIpc) is 3.47. The Bertz CT molecular complexity index is 2030. The van der Waals surface area contributed by atoms with E-state index in [9.17, 15) is 19.2 Å². The van der Waals surface area contributed by atoms with Crippen LogP contribution in [0.5, 0.6) is 0 Å². The summed E-state index contributed by atoms with van der Waals surface area (Å²) in [6.45, 7) is 0. The van der Waals surface area contributed by atoms with Crippen molar-refractivity contribution in [2.24, 2.45) is 0 Å². The van der Waals surface area contributed by atoms with Gasteiger partial charge in [-0.3, -0.25) is 19.3 Å². The molecule has 2 aromatic heterocycles. The highest BCUT2D eigenvalue weighted by Gasteiger charge is 2.55. The minimum atomic E-state index is -0.777. The van der Waals surface area contributed by atoms with E-state index in [4.69, 9.17) is 4.74 Å². The lowest BCUT2D eigenvalue weighted by Crippen LogP contribution is -2.70. The van der Waals surface area contributed by atoms with E-state index in [0.717, 1.165) is 24.5 Å². The number of fused-ring (bicyclic) bond motifs is 2. The summed E-state index contributed by atoms with van der Waals surface area (Å²) in [6, 6.07) is 30.9. The lowest BCUT2D eigenvalue weighted by molar-refractivity contribution is -0.154. The summed E-state index contributed by atoms with van der Waals surface area (Å²) >= 11 is 9.19. The molecule has 2 amide bonds. The summed E-state index contributed by atoms with van der Waals surface area (Å²) < 4.78 is 8.70. The maximum absolute atomic E-state index is 14.3. The summed E-state index contributed by atoms with van der Waals surface area (Å²) in [6.07, 6.45) is -0.575. The van der Waals surface area contributed by atoms with Crippen molar-refractivity contribution in [3.05, 3.63) is 144 Å². The summed E-state index contributed by atoms with van der Waals surface area (Å²) in [7, 11) is 0. The molecule has 47 heavy (non-hydrogen) atoms. The molecule has 0 radical (unpaired) electrons. The molecule has 1 unspecified atom stereocenters. The number of nitrogens with one attached hydrogen (secondary N) is 1. The highest BCUT2D eigenvalue weighted by molar-refractivity contribution is 9.11. The fourth-order valence-corrected chi connectivity index (χ4v) is 11.7. The summed E-state index contributed by atoms with van der Waals surface area (Å²) in [5.41, 5.74) is 2.45. The van der Waals surface area contributed by atoms with Crippen LogP contribution in [0.15, 0.2) is 127 Å². The number of nitrogens with zero attached hydrogens (tertiary/aromatic N) is 1. The number of carbonyl (C=O) groups excluding carboxylic acids is 3. The van der Waals surface area contributed by atoms with Crippen molar-refractivity contribution in [1.29, 1.82) is 0 Å². The first-order valence-corrected chi connectivity index (χ1v) is 18.9. The second kappa shape index (κ2) is 13.8. The highest BCUT2D eigenvalue weighted by atomic mass is 79.9. The molecule has 4 heterocycles. The molecule has 0 aliphatic carbocycles. The van der Waals surface area contributed by atoms with Gasteiger partial charge in [0.2, 0.25) is 5.91 Å². The van der Waals surface area contributed by atoms with E-state index in [2.05, 4.69) is 21.2 Å². The molecule has 3 aromatic carbocycles. The van der Waals surface area contributed by atoms with Crippen molar-refractivity contribution in [3.63, 3.8) is 0 Å². The van der Waals surface area contributed by atoms with Crippen LogP contribution in [0.2, 0.25) is 0 Å². The normalized spacial score (nSPS) is 17.4. The van der Waals surface area contributed by atoms with Crippen LogP contribution >= 0.6 is 62.1 Å². The number of hydrogen-bond donors (Lipinski definition) is 1. The zero-order chi connectivity index (χ0) is 32.5. The van der Waals surface area contributed by atoms with Gasteiger partial charge in [-0.25, -0.2) is 4.79 Å². The molecule has 7 nitrogen and oxygen atoms in total. The Morgan fingerprint density at radius 3 is 2.21 bits per heavy atom. The topological polar surface area (TPSA) is 92.8 Å². The number of amides is 2. The van der Waals surface area contributed by atoms with E-state index in [0.29, 0.717) is 20.3 Å². The predicted molar refractivity (Wildman–Crippen MR) is 193 cm³/mol. The monoisotopic (exact) mass is 760 g/mol. The largest absolute Gasteiger partial charge is 0.448 e. The van der Waals surface area contributed by atoms with Gasteiger partial charge >= 0.3 is 5.97 Å². The molecule has 5 aromatic rings. The second-order valence-corrected chi connectivity index (χ2v) is 17.0. The first-order valence-electron chi connectivity index (χ1n) is 14.6. The molecule has 0 saturated carbocycles. The van der Waals surface area contributed by atoms with E-state index in [1.165, 1.54) is 51.1 Å². The molecular weight excluding hydrogens is 737 g/mol. The standard InChI is InChI=1S/C35H25BrN2O5S4/c36-26-17-23-24(39)18-28(47-35(23)46-26)45-25-19-44-33-29(37-27(40)16-20-10-4-1-5-11-20)32(41)38(33)30(25)34(42)43-31(21-12-6-2-7-13-21)22-14-8-3-9-15-22/h1-15,17-18,29,31,33H,16,19H2,(H,37,40)/t29?,33-/m1/s1. The Kier molecular flexibility index (Phi) is 9.38. The Labute approximate surface area is 295 Å². The van der Waals surface area contributed by atoms with Crippen LogP contribution in [0.4, 0.5) is 0 Å². The van der Waals surface area contributed by atoms with Gasteiger partial charge in [-0.2, -0.15) is 0 Å². The molecule has 12 heteroatoms. The Morgan fingerprint density at radius 1 is 0.915 bits per heavy atom. The Hall–Kier alpha value is -3.68. The van der Waals surface area contributed by atoms with Crippen molar-refractivity contribution < 1.29 is 19.1 Å². The zero-order valence-corrected chi connectivity index (χ0v) is 29.3. The van der Waals surface area contributed by atoms with Crippen LogP contribution in [-0.2, 0) is 25.5 Å². The first-order chi connectivity index (χ1) is 22.9. The van der Waals surface area contributed by atoms with Gasteiger partial charge < -0.3 is 10.1 Å². The van der Waals surface area contributed by atoms with Crippen LogP contribution < -0.4 is 10.7 Å². The number of hydrogen-bond acceptors (Lipinski definition) is 9. The Morgan fingerprint density at radius 2 is 1.55 bits per heavy atom. The molecule has 1 saturated heterocycles. The van der Waals surface area contributed by atoms with E-state index in [1.54, 1.807) is 6.07 Å². The van der Waals surface area contributed by atoms with Crippen LogP contribution in [0.25, 0.3) is 9.40 Å². The smallest absolute Gasteiger partial charge is 0.356 e. The maximum Gasteiger partial charge on any atom is 0.356 e. The third-order valence-corrected chi connectivity index (χ3v) is 13.2. The number of carbonyl (C=O) groups is 3. The molecule has 2 atom stereocenters. The van der Waals surface area contributed by atoms with Gasteiger partial charge in [-0.15, -0.1) is 34.4 Å². The molecule has 0 bridgehead atoms. The fraction of sp³-hybridized carbons (Fsp3) is 0.143. The van der Waals surface area contributed by atoms with Crippen molar-refractivity contribution in [2.45, 2.75) is 28.1 Å². The van der Waals surface area contributed by atoms with Gasteiger partial charge in [0.25, 0.3) is 5.91 Å². The van der Waals surface area contributed by atoms with Crippen LogP contribution in [-0.4, -0.2) is 39.9 Å². The number of halogens is 1. The van der Waals surface area contributed by atoms with Gasteiger partial charge in [-0.05, 0) is 38.7 Å². The summed E-state index contributed by atoms with van der Waals surface area (Å²) in [5, 5.41) is 3.05. The average molecular weight is 762 g/mol. The van der Waals surface area contributed by atoms with E-state index in [1.807, 2.05) is 97.1 Å². The van der Waals surface area contributed by atoms with Crippen LogP contribution in [0.1, 0.15) is 22.8 Å². The van der Waals surface area contributed by atoms with Gasteiger partial charge in [0, 0.05) is 16.7 Å². The molecule has 0 spiro atoms. The Balaban J connectivity index is 1.22. The summed E-state index contributed by atoms with van der Waals surface area (Å²) in [5.74, 6) is -0.902. The van der Waals surface area contributed by atoms with Crippen LogP contribution in [0, 0.1) is 0 Å². The number of esters is 1. The quantitative estimate of drug-likeness (QED) is 0.124. The highest BCUT2D eigenvalue weighted by Crippen LogP contribution is 2.47. The number of thioether (sulfide) groups is 2. The number of ether oxygens (including phenoxy) is 1. The van der Waals surface area contributed by atoms with Crippen molar-refractivity contribution in [3.8, 4) is 0 Å². The van der Waals surface area contributed by atoms with Crippen molar-refractivity contribution >= 4 is 89.3 Å².